The van der Waals surface area contributed by atoms with E-state index in [4.69, 9.17) is 21.3 Å². The number of anilines is 1. The smallest absolute Gasteiger partial charge is 0.229 e. The zero-order valence-electron chi connectivity index (χ0n) is 17.0. The zero-order valence-corrected chi connectivity index (χ0v) is 18.6. The third kappa shape index (κ3) is 5.47. The van der Waals surface area contributed by atoms with Gasteiger partial charge >= 0.3 is 0 Å². The van der Waals surface area contributed by atoms with Gasteiger partial charge in [-0.2, -0.15) is 0 Å². The minimum atomic E-state index is 0.0711. The molecule has 0 saturated carbocycles. The van der Waals surface area contributed by atoms with Gasteiger partial charge in [0.15, 0.2) is 5.13 Å². The Hall–Kier alpha value is -2.15. The van der Waals surface area contributed by atoms with Gasteiger partial charge in [-0.3, -0.25) is 9.69 Å². The van der Waals surface area contributed by atoms with E-state index in [2.05, 4.69) is 4.90 Å². The Kier molecular flexibility index (Phi) is 7.47. The van der Waals surface area contributed by atoms with Crippen molar-refractivity contribution in [3.8, 4) is 5.75 Å². The largest absolute Gasteiger partial charge is 0.494 e. The van der Waals surface area contributed by atoms with Crippen LogP contribution in [0.15, 0.2) is 42.5 Å². The van der Waals surface area contributed by atoms with E-state index in [1.807, 2.05) is 50.5 Å². The van der Waals surface area contributed by atoms with Crippen LogP contribution in [0.5, 0.6) is 5.75 Å². The maximum absolute atomic E-state index is 13.1. The van der Waals surface area contributed by atoms with Crippen molar-refractivity contribution in [3.63, 3.8) is 0 Å². The number of rotatable bonds is 9. The maximum Gasteiger partial charge on any atom is 0.229 e. The highest BCUT2D eigenvalue weighted by molar-refractivity contribution is 7.23. The minimum Gasteiger partial charge on any atom is -0.494 e. The van der Waals surface area contributed by atoms with Crippen LogP contribution in [0.3, 0.4) is 0 Å². The van der Waals surface area contributed by atoms with Crippen LogP contribution < -0.4 is 9.64 Å². The molecule has 0 saturated heterocycles. The zero-order chi connectivity index (χ0) is 20.8. The number of thiazole rings is 1. The number of carbonyl (C=O) groups excluding carboxylic acids is 1. The number of halogens is 1. The molecule has 1 amide bonds. The highest BCUT2D eigenvalue weighted by Gasteiger charge is 2.21. The lowest BCUT2D eigenvalue weighted by atomic mass is 10.1. The van der Waals surface area contributed by atoms with Gasteiger partial charge in [-0.25, -0.2) is 4.98 Å². The maximum atomic E-state index is 13.1. The lowest BCUT2D eigenvalue weighted by molar-refractivity contribution is -0.118. The quantitative estimate of drug-likeness (QED) is 0.484. The van der Waals surface area contributed by atoms with E-state index in [0.29, 0.717) is 40.8 Å². The normalized spacial score (nSPS) is 11.2. The summed E-state index contributed by atoms with van der Waals surface area (Å²) < 4.78 is 6.27. The minimum absolute atomic E-state index is 0.0711. The van der Waals surface area contributed by atoms with E-state index in [9.17, 15) is 4.79 Å². The number of aryl methyl sites for hydroxylation is 1. The second-order valence-electron chi connectivity index (χ2n) is 7.11. The van der Waals surface area contributed by atoms with Gasteiger partial charge < -0.3 is 9.64 Å². The van der Waals surface area contributed by atoms with Crippen molar-refractivity contribution in [2.75, 3.05) is 39.2 Å². The molecule has 3 aromatic rings. The monoisotopic (exact) mass is 431 g/mol. The summed E-state index contributed by atoms with van der Waals surface area (Å²) in [4.78, 5) is 21.8. The SMILES string of the molecule is COc1ccc(Cl)c2sc(N(CCCN(C)C)C(=O)CCc3ccccc3)nc12. The molecule has 0 spiro atoms. The van der Waals surface area contributed by atoms with Crippen LogP contribution in [0.4, 0.5) is 5.13 Å². The number of hydrogen-bond acceptors (Lipinski definition) is 5. The molecule has 0 atom stereocenters. The van der Waals surface area contributed by atoms with E-state index in [1.165, 1.54) is 11.3 Å². The molecular weight excluding hydrogens is 406 g/mol. The summed E-state index contributed by atoms with van der Waals surface area (Å²) in [6.45, 7) is 1.52. The van der Waals surface area contributed by atoms with Gasteiger partial charge in [0.25, 0.3) is 0 Å². The summed E-state index contributed by atoms with van der Waals surface area (Å²) in [6, 6.07) is 13.7. The highest BCUT2D eigenvalue weighted by atomic mass is 35.5. The molecule has 0 aliphatic carbocycles. The van der Waals surface area contributed by atoms with Crippen molar-refractivity contribution < 1.29 is 9.53 Å². The molecule has 7 heteroatoms. The Labute approximate surface area is 180 Å². The number of hydrogen-bond donors (Lipinski definition) is 0. The van der Waals surface area contributed by atoms with Gasteiger partial charge in [0.05, 0.1) is 16.8 Å². The summed E-state index contributed by atoms with van der Waals surface area (Å²) in [6.07, 6.45) is 2.01. The number of benzene rings is 2. The van der Waals surface area contributed by atoms with E-state index in [-0.39, 0.29) is 5.91 Å². The lowest BCUT2D eigenvalue weighted by Gasteiger charge is -2.21. The Morgan fingerprint density at radius 1 is 1.14 bits per heavy atom. The number of nitrogens with zero attached hydrogens (tertiary/aromatic N) is 3. The molecule has 0 unspecified atom stereocenters. The van der Waals surface area contributed by atoms with Crippen molar-refractivity contribution in [1.82, 2.24) is 9.88 Å². The van der Waals surface area contributed by atoms with E-state index in [1.54, 1.807) is 18.1 Å². The molecule has 0 fully saturated rings. The van der Waals surface area contributed by atoms with E-state index >= 15 is 0 Å². The van der Waals surface area contributed by atoms with Crippen LogP contribution in [0, 0.1) is 0 Å². The van der Waals surface area contributed by atoms with Crippen molar-refractivity contribution in [2.45, 2.75) is 19.3 Å². The van der Waals surface area contributed by atoms with Crippen LogP contribution in [-0.2, 0) is 11.2 Å². The number of ether oxygens (including phenoxy) is 1. The van der Waals surface area contributed by atoms with Gasteiger partial charge in [0.1, 0.15) is 11.3 Å². The van der Waals surface area contributed by atoms with Crippen LogP contribution in [-0.4, -0.2) is 50.1 Å². The fourth-order valence-corrected chi connectivity index (χ4v) is 4.42. The summed E-state index contributed by atoms with van der Waals surface area (Å²) in [5, 5.41) is 1.29. The van der Waals surface area contributed by atoms with Crippen LogP contribution >= 0.6 is 22.9 Å². The highest BCUT2D eigenvalue weighted by Crippen LogP contribution is 2.38. The molecule has 2 aromatic carbocycles. The first kappa shape index (κ1) is 21.6. The predicted octanol–water partition coefficient (Wildman–Crippen LogP) is 4.88. The predicted molar refractivity (Wildman–Crippen MR) is 121 cm³/mol. The van der Waals surface area contributed by atoms with Gasteiger partial charge in [-0.05, 0) is 51.2 Å². The molecule has 0 radical (unpaired) electrons. The molecule has 0 aliphatic rings. The Balaban J connectivity index is 1.85. The van der Waals surface area contributed by atoms with Gasteiger partial charge in [0, 0.05) is 13.0 Å². The Bertz CT molecular complexity index is 959. The lowest BCUT2D eigenvalue weighted by Crippen LogP contribution is -2.33. The second-order valence-corrected chi connectivity index (χ2v) is 8.50. The molecule has 154 valence electrons. The van der Waals surface area contributed by atoms with E-state index in [0.717, 1.165) is 23.2 Å². The second kappa shape index (κ2) is 10.1. The topological polar surface area (TPSA) is 45.7 Å². The third-order valence-electron chi connectivity index (χ3n) is 4.66. The van der Waals surface area contributed by atoms with Gasteiger partial charge in [0.2, 0.25) is 5.91 Å². The van der Waals surface area contributed by atoms with Crippen molar-refractivity contribution in [2.24, 2.45) is 0 Å². The fourth-order valence-electron chi connectivity index (χ4n) is 3.12. The average Bonchev–Trinajstić information content (AvgIpc) is 3.16. The van der Waals surface area contributed by atoms with Crippen LogP contribution in [0.2, 0.25) is 5.02 Å². The Morgan fingerprint density at radius 2 is 1.90 bits per heavy atom. The summed E-state index contributed by atoms with van der Waals surface area (Å²) >= 11 is 7.81. The standard InChI is InChI=1S/C22H26ClN3O2S/c1-25(2)14-7-15-26(19(27)13-10-16-8-5-4-6-9-16)22-24-20-18(28-3)12-11-17(23)21(20)29-22/h4-6,8-9,11-12H,7,10,13-15H2,1-3H3. The van der Waals surface area contributed by atoms with Gasteiger partial charge in [-0.15, -0.1) is 0 Å². The first-order valence-corrected chi connectivity index (χ1v) is 10.8. The molecule has 5 nitrogen and oxygen atoms in total. The molecule has 29 heavy (non-hydrogen) atoms. The van der Waals surface area contributed by atoms with Gasteiger partial charge in [-0.1, -0.05) is 53.3 Å². The third-order valence-corrected chi connectivity index (χ3v) is 6.20. The first-order chi connectivity index (χ1) is 14.0. The molecule has 3 rings (SSSR count). The average molecular weight is 432 g/mol. The van der Waals surface area contributed by atoms with Crippen molar-refractivity contribution in [3.05, 3.63) is 53.1 Å². The molecule has 0 bridgehead atoms. The summed E-state index contributed by atoms with van der Waals surface area (Å²) in [7, 11) is 5.68. The van der Waals surface area contributed by atoms with Crippen LogP contribution in [0.1, 0.15) is 18.4 Å². The Morgan fingerprint density at radius 3 is 2.59 bits per heavy atom. The number of aromatic nitrogens is 1. The number of methoxy groups -OCH3 is 1. The van der Waals surface area contributed by atoms with Crippen LogP contribution in [0.25, 0.3) is 10.2 Å². The molecule has 1 heterocycles. The number of carbonyl (C=O) groups is 1. The number of amides is 1. The van der Waals surface area contributed by atoms with E-state index < -0.39 is 0 Å². The summed E-state index contributed by atoms with van der Waals surface area (Å²) in [5.74, 6) is 0.735. The number of fused-ring (bicyclic) bond motifs is 1. The first-order valence-electron chi connectivity index (χ1n) is 9.61. The molecular formula is C22H26ClN3O2S. The molecule has 1 aromatic heterocycles. The molecule has 0 N–H and O–H groups in total. The van der Waals surface area contributed by atoms with Crippen molar-refractivity contribution >= 4 is 44.2 Å². The summed E-state index contributed by atoms with van der Waals surface area (Å²) in [5.41, 5.74) is 1.86. The molecule has 0 aliphatic heterocycles. The van der Waals surface area contributed by atoms with Crippen molar-refractivity contribution in [1.29, 1.82) is 0 Å². The fraction of sp³-hybridized carbons (Fsp3) is 0.364.